The van der Waals surface area contributed by atoms with Gasteiger partial charge in [0.25, 0.3) is 5.91 Å². The lowest BCUT2D eigenvalue weighted by Gasteiger charge is -2.29. The summed E-state index contributed by atoms with van der Waals surface area (Å²) >= 11 is 1.11. The number of rotatable bonds is 3. The molecule has 1 N–H and O–H groups in total. The third kappa shape index (κ3) is 2.68. The van der Waals surface area contributed by atoms with E-state index in [2.05, 4.69) is 17.3 Å². The van der Waals surface area contributed by atoms with Gasteiger partial charge in [0, 0.05) is 26.0 Å². The van der Waals surface area contributed by atoms with E-state index >= 15 is 0 Å². The molecule has 0 bridgehead atoms. The smallest absolute Gasteiger partial charge is 0.270 e. The minimum atomic E-state index is -1.29. The van der Waals surface area contributed by atoms with Crippen LogP contribution in [0, 0.1) is 6.92 Å². The number of para-hydroxylation sites is 1. The van der Waals surface area contributed by atoms with Crippen LogP contribution in [0.5, 0.6) is 0 Å². The first-order valence-electron chi connectivity index (χ1n) is 8.61. The maximum absolute atomic E-state index is 13.5. The monoisotopic (exact) mass is 374 g/mol. The Morgan fingerprint density at radius 1 is 1.31 bits per heavy atom. The number of anilines is 1. The first kappa shape index (κ1) is 18.4. The van der Waals surface area contributed by atoms with Crippen molar-refractivity contribution in [3.63, 3.8) is 0 Å². The Kier molecular flexibility index (Phi) is 4.79. The second-order valence-electron chi connectivity index (χ2n) is 6.44. The molecule has 2 aliphatic heterocycles. The van der Waals surface area contributed by atoms with Crippen LogP contribution in [-0.4, -0.2) is 34.4 Å². The van der Waals surface area contributed by atoms with Gasteiger partial charge in [0.1, 0.15) is 0 Å². The molecular weight excluding hydrogens is 352 g/mol. The molecule has 0 fully saturated rings. The number of carbonyl (C=O) groups is 3. The van der Waals surface area contributed by atoms with Crippen molar-refractivity contribution in [1.82, 2.24) is 10.3 Å². The number of hydrazone groups is 1. The number of unbranched alkanes of at least 4 members (excludes halogenated alkanes) is 1. The predicted molar refractivity (Wildman–Crippen MR) is 101 cm³/mol. The van der Waals surface area contributed by atoms with E-state index in [-0.39, 0.29) is 22.9 Å². The first-order valence-corrected chi connectivity index (χ1v) is 9.42. The van der Waals surface area contributed by atoms with E-state index in [0.717, 1.165) is 41.4 Å². The summed E-state index contributed by atoms with van der Waals surface area (Å²) in [4.78, 5) is 37.8. The summed E-state index contributed by atoms with van der Waals surface area (Å²) in [5, 5.41) is 8.31. The minimum absolute atomic E-state index is 0.195. The number of thioether (sulfide) groups is 1. The lowest BCUT2D eigenvalue weighted by molar-refractivity contribution is -0.139. The third-order valence-corrected chi connectivity index (χ3v) is 5.70. The highest BCUT2D eigenvalue weighted by Crippen LogP contribution is 2.55. The Morgan fingerprint density at radius 3 is 2.65 bits per heavy atom. The van der Waals surface area contributed by atoms with Crippen molar-refractivity contribution in [3.05, 3.63) is 29.3 Å². The lowest BCUT2D eigenvalue weighted by atomic mass is 10.0. The molecule has 1 spiro atoms. The fourth-order valence-electron chi connectivity index (χ4n) is 3.38. The van der Waals surface area contributed by atoms with Crippen molar-refractivity contribution in [3.8, 4) is 0 Å². The number of benzene rings is 1. The van der Waals surface area contributed by atoms with Crippen LogP contribution in [0.15, 0.2) is 23.3 Å². The predicted octanol–water partition coefficient (Wildman–Crippen LogP) is 2.30. The molecule has 0 aliphatic carbocycles. The van der Waals surface area contributed by atoms with Gasteiger partial charge in [-0.15, -0.1) is 5.10 Å². The molecule has 2 heterocycles. The molecule has 0 aromatic heterocycles. The summed E-state index contributed by atoms with van der Waals surface area (Å²) in [5.41, 5.74) is 2.55. The Morgan fingerprint density at radius 2 is 2.04 bits per heavy atom. The molecule has 138 valence electrons. The zero-order valence-electron chi connectivity index (χ0n) is 15.3. The van der Waals surface area contributed by atoms with Gasteiger partial charge >= 0.3 is 0 Å². The van der Waals surface area contributed by atoms with Gasteiger partial charge in [-0.25, -0.2) is 0 Å². The van der Waals surface area contributed by atoms with E-state index in [4.69, 9.17) is 0 Å². The molecule has 26 heavy (non-hydrogen) atoms. The quantitative estimate of drug-likeness (QED) is 0.880. The van der Waals surface area contributed by atoms with Crippen molar-refractivity contribution in [2.75, 3.05) is 11.4 Å². The average Bonchev–Trinajstić information content (AvgIpc) is 3.05. The van der Waals surface area contributed by atoms with Gasteiger partial charge in [-0.05, 0) is 30.7 Å². The molecule has 8 heteroatoms. The number of aryl methyl sites for hydroxylation is 1. The van der Waals surface area contributed by atoms with Crippen molar-refractivity contribution in [2.24, 2.45) is 5.10 Å². The Balaban J connectivity index is 2.14. The summed E-state index contributed by atoms with van der Waals surface area (Å²) in [5.74, 6) is -0.842. The van der Waals surface area contributed by atoms with E-state index < -0.39 is 4.87 Å². The summed E-state index contributed by atoms with van der Waals surface area (Å²) in [6, 6.07) is 5.69. The van der Waals surface area contributed by atoms with Crippen LogP contribution >= 0.6 is 11.8 Å². The van der Waals surface area contributed by atoms with Gasteiger partial charge in [0.05, 0.1) is 5.69 Å². The molecule has 7 nitrogen and oxygen atoms in total. The van der Waals surface area contributed by atoms with Crippen molar-refractivity contribution < 1.29 is 14.4 Å². The third-order valence-electron chi connectivity index (χ3n) is 4.46. The molecule has 0 unspecified atom stereocenters. The summed E-state index contributed by atoms with van der Waals surface area (Å²) < 4.78 is 0. The maximum Gasteiger partial charge on any atom is 0.270 e. The van der Waals surface area contributed by atoms with Crippen LogP contribution in [0.2, 0.25) is 0 Å². The second kappa shape index (κ2) is 6.75. The topological polar surface area (TPSA) is 82.1 Å². The van der Waals surface area contributed by atoms with Crippen LogP contribution < -0.4 is 10.2 Å². The molecular formula is C18H22N4O3S. The molecule has 1 aromatic carbocycles. The Labute approximate surface area is 156 Å². The summed E-state index contributed by atoms with van der Waals surface area (Å²) in [6.45, 7) is 7.35. The van der Waals surface area contributed by atoms with E-state index in [1.165, 1.54) is 18.9 Å². The van der Waals surface area contributed by atoms with Crippen LogP contribution in [-0.2, 0) is 19.3 Å². The van der Waals surface area contributed by atoms with Gasteiger partial charge in [0.2, 0.25) is 16.7 Å². The molecule has 0 saturated carbocycles. The number of fused-ring (bicyclic) bond motifs is 2. The minimum Gasteiger partial charge on any atom is -0.309 e. The SMILES string of the molecule is CCCCN1C(=O)[C@]2(SC(NC(C)=O)=NN2C(C)=O)c2cccc(C)c21. The number of hydrogen-bond donors (Lipinski definition) is 1. The molecule has 2 aliphatic rings. The van der Waals surface area contributed by atoms with Crippen LogP contribution in [0.3, 0.4) is 0 Å². The normalized spacial score (nSPS) is 21.2. The highest BCUT2D eigenvalue weighted by molar-refractivity contribution is 8.15. The van der Waals surface area contributed by atoms with Crippen LogP contribution in [0.25, 0.3) is 0 Å². The molecule has 3 rings (SSSR count). The molecule has 3 amide bonds. The van der Waals surface area contributed by atoms with Crippen molar-refractivity contribution in [2.45, 2.75) is 45.4 Å². The van der Waals surface area contributed by atoms with Gasteiger partial charge < -0.3 is 10.2 Å². The van der Waals surface area contributed by atoms with Gasteiger partial charge in [-0.2, -0.15) is 5.01 Å². The number of hydrogen-bond acceptors (Lipinski definition) is 5. The zero-order valence-corrected chi connectivity index (χ0v) is 16.1. The fourth-order valence-corrected chi connectivity index (χ4v) is 4.71. The standard InChI is InChI=1S/C18H22N4O3S/c1-5-6-10-21-15-11(2)8-7-9-14(15)18(16(21)25)22(13(4)24)20-17(26-18)19-12(3)23/h7-9H,5-6,10H2,1-4H3,(H,19,20,23)/t18-/m1/s1. The average molecular weight is 374 g/mol. The second-order valence-corrected chi connectivity index (χ2v) is 7.63. The number of amidine groups is 1. The van der Waals surface area contributed by atoms with Gasteiger partial charge in [-0.1, -0.05) is 31.5 Å². The van der Waals surface area contributed by atoms with Gasteiger partial charge in [-0.3, -0.25) is 14.4 Å². The summed E-state index contributed by atoms with van der Waals surface area (Å²) in [7, 11) is 0. The van der Waals surface area contributed by atoms with E-state index in [1.54, 1.807) is 4.90 Å². The molecule has 1 atom stereocenters. The zero-order chi connectivity index (χ0) is 19.1. The maximum atomic E-state index is 13.5. The first-order chi connectivity index (χ1) is 12.3. The lowest BCUT2D eigenvalue weighted by Crippen LogP contribution is -2.48. The largest absolute Gasteiger partial charge is 0.309 e. The number of nitrogens with zero attached hydrogens (tertiary/aromatic N) is 3. The highest BCUT2D eigenvalue weighted by Gasteiger charge is 2.61. The van der Waals surface area contributed by atoms with Crippen LogP contribution in [0.4, 0.5) is 5.69 Å². The molecule has 0 radical (unpaired) electrons. The fraction of sp³-hybridized carbons (Fsp3) is 0.444. The molecule has 0 saturated heterocycles. The van der Waals surface area contributed by atoms with Crippen molar-refractivity contribution >= 4 is 40.3 Å². The Hall–Kier alpha value is -2.35. The Bertz CT molecular complexity index is 823. The van der Waals surface area contributed by atoms with E-state index in [0.29, 0.717) is 6.54 Å². The number of carbonyl (C=O) groups excluding carboxylic acids is 3. The van der Waals surface area contributed by atoms with E-state index in [1.807, 2.05) is 25.1 Å². The molecule has 1 aromatic rings. The number of nitrogens with one attached hydrogen (secondary N) is 1. The van der Waals surface area contributed by atoms with Crippen molar-refractivity contribution in [1.29, 1.82) is 0 Å². The van der Waals surface area contributed by atoms with Gasteiger partial charge in [0.15, 0.2) is 5.17 Å². The number of amides is 3. The van der Waals surface area contributed by atoms with Crippen LogP contribution in [0.1, 0.15) is 44.7 Å². The van der Waals surface area contributed by atoms with E-state index in [9.17, 15) is 14.4 Å². The summed E-state index contributed by atoms with van der Waals surface area (Å²) in [6.07, 6.45) is 1.81. The highest BCUT2D eigenvalue weighted by atomic mass is 32.2.